The van der Waals surface area contributed by atoms with Crippen LogP contribution in [0.1, 0.15) is 17.8 Å². The van der Waals surface area contributed by atoms with Crippen LogP contribution in [-0.2, 0) is 29.2 Å². The first-order valence-corrected chi connectivity index (χ1v) is 10.5. The van der Waals surface area contributed by atoms with Crippen molar-refractivity contribution in [1.29, 1.82) is 0 Å². The number of morpholine rings is 1. The number of halogens is 1. The molecule has 0 saturated carbocycles. The van der Waals surface area contributed by atoms with Crippen molar-refractivity contribution in [2.24, 2.45) is 0 Å². The number of piperazine rings is 1. The molecule has 2 aliphatic rings. The van der Waals surface area contributed by atoms with Crippen molar-refractivity contribution in [3.05, 3.63) is 41.5 Å². The molecule has 0 unspecified atom stereocenters. The number of rotatable bonds is 7. The van der Waals surface area contributed by atoms with Gasteiger partial charge in [-0.2, -0.15) is 0 Å². The van der Waals surface area contributed by atoms with E-state index in [1.807, 2.05) is 11.0 Å². The number of nitrogens with zero attached hydrogens (tertiary/aromatic N) is 7. The van der Waals surface area contributed by atoms with Crippen molar-refractivity contribution in [2.75, 3.05) is 52.5 Å². The van der Waals surface area contributed by atoms with E-state index in [9.17, 15) is 9.18 Å². The Balaban J connectivity index is 1.21. The molecular weight excluding hydrogens is 389 g/mol. The first kappa shape index (κ1) is 20.8. The average molecular weight is 417 g/mol. The molecule has 10 heteroatoms. The lowest BCUT2D eigenvalue weighted by molar-refractivity contribution is -0.133. The Morgan fingerprint density at radius 2 is 1.80 bits per heavy atom. The van der Waals surface area contributed by atoms with E-state index in [0.29, 0.717) is 39.1 Å². The van der Waals surface area contributed by atoms with Gasteiger partial charge in [-0.3, -0.25) is 14.6 Å². The fourth-order valence-electron chi connectivity index (χ4n) is 3.88. The van der Waals surface area contributed by atoms with E-state index in [1.54, 1.807) is 16.8 Å². The highest BCUT2D eigenvalue weighted by atomic mass is 19.1. The van der Waals surface area contributed by atoms with E-state index < -0.39 is 0 Å². The summed E-state index contributed by atoms with van der Waals surface area (Å²) in [5.74, 6) is 0.690. The van der Waals surface area contributed by atoms with E-state index in [0.717, 1.165) is 50.8 Å². The van der Waals surface area contributed by atoms with Crippen LogP contribution in [0.2, 0.25) is 0 Å². The van der Waals surface area contributed by atoms with Crippen molar-refractivity contribution in [1.82, 2.24) is 34.9 Å². The van der Waals surface area contributed by atoms with Gasteiger partial charge in [0.25, 0.3) is 0 Å². The molecule has 1 aromatic carbocycles. The molecule has 9 nitrogen and oxygen atoms in total. The molecule has 0 aliphatic carbocycles. The van der Waals surface area contributed by atoms with Gasteiger partial charge in [0.1, 0.15) is 5.82 Å². The fraction of sp³-hybridized carbons (Fsp3) is 0.600. The number of tetrazole rings is 1. The summed E-state index contributed by atoms with van der Waals surface area (Å²) in [7, 11) is 0. The minimum Gasteiger partial charge on any atom is -0.379 e. The molecule has 2 aliphatic heterocycles. The van der Waals surface area contributed by atoms with Gasteiger partial charge >= 0.3 is 0 Å². The van der Waals surface area contributed by atoms with Gasteiger partial charge in [-0.1, -0.05) is 12.1 Å². The molecule has 30 heavy (non-hydrogen) atoms. The maximum Gasteiger partial charge on any atom is 0.224 e. The summed E-state index contributed by atoms with van der Waals surface area (Å²) in [5.41, 5.74) is 0.959. The molecule has 2 fully saturated rings. The molecule has 0 N–H and O–H groups in total. The number of carbonyl (C=O) groups is 1. The standard InChI is InChI=1S/C20H28FN7O2/c21-18-3-1-2-17(14-18)15-25-6-8-27(9-7-25)20(29)4-5-28-19(22-23-24-28)16-26-10-12-30-13-11-26/h1-3,14H,4-13,15-16H2. The van der Waals surface area contributed by atoms with E-state index in [-0.39, 0.29) is 11.7 Å². The van der Waals surface area contributed by atoms with Crippen LogP contribution in [0.3, 0.4) is 0 Å². The normalized spacial score (nSPS) is 18.6. The SMILES string of the molecule is O=C(CCn1nnnc1CN1CCOCC1)N1CCN(Cc2cccc(F)c2)CC1. The lowest BCUT2D eigenvalue weighted by Crippen LogP contribution is -2.48. The van der Waals surface area contributed by atoms with Crippen LogP contribution < -0.4 is 0 Å². The Hall–Kier alpha value is -2.43. The highest BCUT2D eigenvalue weighted by Crippen LogP contribution is 2.11. The second kappa shape index (κ2) is 10.1. The third-order valence-electron chi connectivity index (χ3n) is 5.63. The molecule has 0 radical (unpaired) electrons. The van der Waals surface area contributed by atoms with Gasteiger partial charge in [-0.05, 0) is 28.1 Å². The van der Waals surface area contributed by atoms with Gasteiger partial charge in [-0.15, -0.1) is 5.10 Å². The molecule has 2 saturated heterocycles. The van der Waals surface area contributed by atoms with E-state index in [4.69, 9.17) is 4.74 Å². The Bertz CT molecular complexity index is 832. The summed E-state index contributed by atoms with van der Waals surface area (Å²) in [6, 6.07) is 6.69. The van der Waals surface area contributed by atoms with Crippen LogP contribution in [0.5, 0.6) is 0 Å². The summed E-state index contributed by atoms with van der Waals surface area (Å²) < 4.78 is 20.5. The number of ether oxygens (including phenoxy) is 1. The zero-order valence-electron chi connectivity index (χ0n) is 17.1. The number of carbonyl (C=O) groups excluding carboxylic acids is 1. The molecule has 1 aromatic heterocycles. The Kier molecular flexibility index (Phi) is 6.98. The van der Waals surface area contributed by atoms with Crippen LogP contribution >= 0.6 is 0 Å². The molecular formula is C20H28FN7O2. The zero-order valence-corrected chi connectivity index (χ0v) is 17.1. The van der Waals surface area contributed by atoms with Crippen molar-refractivity contribution >= 4 is 5.91 Å². The van der Waals surface area contributed by atoms with Gasteiger partial charge in [0, 0.05) is 52.2 Å². The molecule has 162 valence electrons. The minimum absolute atomic E-state index is 0.119. The van der Waals surface area contributed by atoms with Crippen molar-refractivity contribution in [2.45, 2.75) is 26.1 Å². The minimum atomic E-state index is -0.211. The largest absolute Gasteiger partial charge is 0.379 e. The first-order valence-electron chi connectivity index (χ1n) is 10.5. The quantitative estimate of drug-likeness (QED) is 0.644. The molecule has 0 spiro atoms. The van der Waals surface area contributed by atoms with Gasteiger partial charge in [-0.25, -0.2) is 9.07 Å². The third kappa shape index (κ3) is 5.59. The Morgan fingerprint density at radius 3 is 2.57 bits per heavy atom. The Morgan fingerprint density at radius 1 is 1.03 bits per heavy atom. The zero-order chi connectivity index (χ0) is 20.8. The van der Waals surface area contributed by atoms with E-state index in [2.05, 4.69) is 25.3 Å². The van der Waals surface area contributed by atoms with Crippen LogP contribution in [0.15, 0.2) is 24.3 Å². The molecule has 1 amide bonds. The average Bonchev–Trinajstić information content (AvgIpc) is 3.20. The molecule has 4 rings (SSSR count). The topological polar surface area (TPSA) is 79.6 Å². The van der Waals surface area contributed by atoms with Crippen molar-refractivity contribution in [3.63, 3.8) is 0 Å². The predicted molar refractivity (Wildman–Crippen MR) is 107 cm³/mol. The van der Waals surface area contributed by atoms with Crippen LogP contribution in [0.4, 0.5) is 4.39 Å². The Labute approximate surface area is 175 Å². The van der Waals surface area contributed by atoms with Crippen LogP contribution in [-0.4, -0.2) is 93.3 Å². The van der Waals surface area contributed by atoms with Gasteiger partial charge in [0.15, 0.2) is 5.82 Å². The van der Waals surface area contributed by atoms with E-state index >= 15 is 0 Å². The highest BCUT2D eigenvalue weighted by molar-refractivity contribution is 5.76. The lowest BCUT2D eigenvalue weighted by atomic mass is 10.2. The number of aromatic nitrogens is 4. The van der Waals surface area contributed by atoms with Crippen LogP contribution in [0, 0.1) is 5.82 Å². The first-order chi connectivity index (χ1) is 14.7. The monoisotopic (exact) mass is 417 g/mol. The predicted octanol–water partition coefficient (Wildman–Crippen LogP) is 0.379. The summed E-state index contributed by atoms with van der Waals surface area (Å²) in [5, 5.41) is 12.0. The smallest absolute Gasteiger partial charge is 0.224 e. The number of hydrogen-bond donors (Lipinski definition) is 0. The summed E-state index contributed by atoms with van der Waals surface area (Å²) >= 11 is 0. The summed E-state index contributed by atoms with van der Waals surface area (Å²) in [4.78, 5) is 19.1. The van der Waals surface area contributed by atoms with Gasteiger partial charge in [0.05, 0.1) is 26.3 Å². The van der Waals surface area contributed by atoms with Crippen molar-refractivity contribution in [3.8, 4) is 0 Å². The number of aryl methyl sites for hydroxylation is 1. The second-order valence-corrected chi connectivity index (χ2v) is 7.74. The van der Waals surface area contributed by atoms with Gasteiger partial charge in [0.2, 0.25) is 5.91 Å². The molecule has 0 bridgehead atoms. The maximum atomic E-state index is 13.4. The fourth-order valence-corrected chi connectivity index (χ4v) is 3.88. The van der Waals surface area contributed by atoms with E-state index in [1.165, 1.54) is 6.07 Å². The maximum absolute atomic E-state index is 13.4. The van der Waals surface area contributed by atoms with Gasteiger partial charge < -0.3 is 9.64 Å². The third-order valence-corrected chi connectivity index (χ3v) is 5.63. The second-order valence-electron chi connectivity index (χ2n) is 7.74. The number of hydrogen-bond acceptors (Lipinski definition) is 7. The van der Waals surface area contributed by atoms with Crippen molar-refractivity contribution < 1.29 is 13.9 Å². The molecule has 2 aromatic rings. The van der Waals surface area contributed by atoms with Crippen LogP contribution in [0.25, 0.3) is 0 Å². The highest BCUT2D eigenvalue weighted by Gasteiger charge is 2.22. The summed E-state index contributed by atoms with van der Waals surface area (Å²) in [6.45, 7) is 7.99. The number of benzene rings is 1. The lowest BCUT2D eigenvalue weighted by Gasteiger charge is -2.34. The molecule has 0 atom stereocenters. The number of amides is 1. The molecule has 3 heterocycles. The summed E-state index contributed by atoms with van der Waals surface area (Å²) in [6.07, 6.45) is 0.380.